The molecule has 1 fully saturated rings. The van der Waals surface area contributed by atoms with Crippen molar-refractivity contribution in [3.05, 3.63) is 29.8 Å². The summed E-state index contributed by atoms with van der Waals surface area (Å²) in [6.45, 7) is 0.767. The maximum absolute atomic E-state index is 11.5. The molecule has 0 heterocycles. The molecular formula is C15H21NO2. The SMILES string of the molecule is COc1cccc(CCCNC(=O)CC2CC2)c1. The second kappa shape index (κ2) is 6.43. The van der Waals surface area contributed by atoms with Crippen molar-refractivity contribution in [1.82, 2.24) is 5.32 Å². The molecule has 1 amide bonds. The minimum atomic E-state index is 0.211. The molecule has 1 aromatic rings. The summed E-state index contributed by atoms with van der Waals surface area (Å²) < 4.78 is 5.18. The average Bonchev–Trinajstić information content (AvgIpc) is 3.19. The third kappa shape index (κ3) is 4.40. The minimum Gasteiger partial charge on any atom is -0.497 e. The van der Waals surface area contributed by atoms with Crippen LogP contribution in [-0.4, -0.2) is 19.6 Å². The Balaban J connectivity index is 1.63. The molecule has 1 N–H and O–H groups in total. The Kier molecular flexibility index (Phi) is 4.62. The van der Waals surface area contributed by atoms with Crippen molar-refractivity contribution in [3.8, 4) is 5.75 Å². The molecule has 98 valence electrons. The van der Waals surface area contributed by atoms with Crippen molar-refractivity contribution in [2.24, 2.45) is 5.92 Å². The fraction of sp³-hybridized carbons (Fsp3) is 0.533. The van der Waals surface area contributed by atoms with E-state index in [-0.39, 0.29) is 5.91 Å². The molecule has 18 heavy (non-hydrogen) atoms. The summed E-state index contributed by atoms with van der Waals surface area (Å²) in [5, 5.41) is 2.98. The number of rotatable bonds is 7. The normalized spacial score (nSPS) is 14.3. The molecule has 0 radical (unpaired) electrons. The highest BCUT2D eigenvalue weighted by atomic mass is 16.5. The average molecular weight is 247 g/mol. The number of benzene rings is 1. The number of hydrogen-bond donors (Lipinski definition) is 1. The molecule has 1 saturated carbocycles. The van der Waals surface area contributed by atoms with Gasteiger partial charge in [-0.25, -0.2) is 0 Å². The Morgan fingerprint density at radius 1 is 1.44 bits per heavy atom. The number of carbonyl (C=O) groups is 1. The second-order valence-electron chi connectivity index (χ2n) is 4.95. The van der Waals surface area contributed by atoms with Gasteiger partial charge in [-0.15, -0.1) is 0 Å². The van der Waals surface area contributed by atoms with Crippen LogP contribution in [0.3, 0.4) is 0 Å². The van der Waals surface area contributed by atoms with Crippen LogP contribution in [0.1, 0.15) is 31.2 Å². The van der Waals surface area contributed by atoms with Gasteiger partial charge in [0.15, 0.2) is 0 Å². The second-order valence-corrected chi connectivity index (χ2v) is 4.95. The molecule has 0 spiro atoms. The van der Waals surface area contributed by atoms with Crippen molar-refractivity contribution in [3.63, 3.8) is 0 Å². The van der Waals surface area contributed by atoms with Gasteiger partial charge in [0, 0.05) is 13.0 Å². The van der Waals surface area contributed by atoms with E-state index in [0.717, 1.165) is 31.6 Å². The molecule has 0 aliphatic heterocycles. The van der Waals surface area contributed by atoms with Crippen molar-refractivity contribution in [2.75, 3.05) is 13.7 Å². The van der Waals surface area contributed by atoms with Crippen LogP contribution in [0.5, 0.6) is 5.75 Å². The number of nitrogens with one attached hydrogen (secondary N) is 1. The van der Waals surface area contributed by atoms with Crippen LogP contribution >= 0.6 is 0 Å². The highest BCUT2D eigenvalue weighted by molar-refractivity contribution is 5.76. The largest absolute Gasteiger partial charge is 0.497 e. The van der Waals surface area contributed by atoms with Crippen LogP contribution in [0.4, 0.5) is 0 Å². The monoisotopic (exact) mass is 247 g/mol. The summed E-state index contributed by atoms with van der Waals surface area (Å²) in [5.74, 6) is 1.77. The highest BCUT2D eigenvalue weighted by Gasteiger charge is 2.23. The summed E-state index contributed by atoms with van der Waals surface area (Å²) >= 11 is 0. The molecule has 0 atom stereocenters. The van der Waals surface area contributed by atoms with E-state index in [0.29, 0.717) is 5.92 Å². The summed E-state index contributed by atoms with van der Waals surface area (Å²) in [5.41, 5.74) is 1.26. The predicted octanol–water partition coefficient (Wildman–Crippen LogP) is 2.54. The summed E-state index contributed by atoms with van der Waals surface area (Å²) in [6, 6.07) is 8.08. The van der Waals surface area contributed by atoms with Crippen LogP contribution < -0.4 is 10.1 Å². The first-order chi connectivity index (χ1) is 8.78. The third-order valence-corrected chi connectivity index (χ3v) is 3.27. The maximum atomic E-state index is 11.5. The topological polar surface area (TPSA) is 38.3 Å². The molecule has 0 aromatic heterocycles. The molecular weight excluding hydrogens is 226 g/mol. The van der Waals surface area contributed by atoms with Gasteiger partial charge in [-0.3, -0.25) is 4.79 Å². The van der Waals surface area contributed by atoms with Gasteiger partial charge in [0.1, 0.15) is 5.75 Å². The molecule has 3 heteroatoms. The number of ether oxygens (including phenoxy) is 1. The first-order valence-electron chi connectivity index (χ1n) is 6.67. The van der Waals surface area contributed by atoms with Gasteiger partial charge >= 0.3 is 0 Å². The van der Waals surface area contributed by atoms with E-state index in [1.54, 1.807) is 7.11 Å². The van der Waals surface area contributed by atoms with Crippen LogP contribution in [0, 0.1) is 5.92 Å². The van der Waals surface area contributed by atoms with E-state index in [2.05, 4.69) is 11.4 Å². The number of carbonyl (C=O) groups excluding carboxylic acids is 1. The lowest BCUT2D eigenvalue weighted by atomic mass is 10.1. The first kappa shape index (κ1) is 12.9. The molecule has 2 rings (SSSR count). The number of methoxy groups -OCH3 is 1. The molecule has 1 aliphatic carbocycles. The van der Waals surface area contributed by atoms with Crippen LogP contribution in [0.2, 0.25) is 0 Å². The van der Waals surface area contributed by atoms with Crippen molar-refractivity contribution in [1.29, 1.82) is 0 Å². The lowest BCUT2D eigenvalue weighted by molar-refractivity contribution is -0.121. The smallest absolute Gasteiger partial charge is 0.220 e. The number of amides is 1. The zero-order valence-electron chi connectivity index (χ0n) is 10.9. The molecule has 3 nitrogen and oxygen atoms in total. The number of hydrogen-bond acceptors (Lipinski definition) is 2. The Bertz CT molecular complexity index is 399. The Labute approximate surface area is 109 Å². The molecule has 0 bridgehead atoms. The van der Waals surface area contributed by atoms with Crippen LogP contribution in [0.15, 0.2) is 24.3 Å². The van der Waals surface area contributed by atoms with Gasteiger partial charge in [-0.05, 0) is 49.3 Å². The van der Waals surface area contributed by atoms with E-state index in [4.69, 9.17) is 4.74 Å². The van der Waals surface area contributed by atoms with Crippen molar-refractivity contribution >= 4 is 5.91 Å². The predicted molar refractivity (Wildman–Crippen MR) is 71.7 cm³/mol. The van der Waals surface area contributed by atoms with Crippen molar-refractivity contribution in [2.45, 2.75) is 32.1 Å². The van der Waals surface area contributed by atoms with Gasteiger partial charge in [0.25, 0.3) is 0 Å². The third-order valence-electron chi connectivity index (χ3n) is 3.27. The fourth-order valence-electron chi connectivity index (χ4n) is 2.00. The molecule has 0 saturated heterocycles. The molecule has 0 unspecified atom stereocenters. The van der Waals surface area contributed by atoms with E-state index in [1.807, 2.05) is 18.2 Å². The van der Waals surface area contributed by atoms with E-state index >= 15 is 0 Å². The van der Waals surface area contributed by atoms with E-state index in [1.165, 1.54) is 18.4 Å². The first-order valence-corrected chi connectivity index (χ1v) is 6.67. The summed E-state index contributed by atoms with van der Waals surface area (Å²) in [4.78, 5) is 11.5. The lowest BCUT2D eigenvalue weighted by Gasteiger charge is -2.06. The standard InChI is InChI=1S/C15H21NO2/c1-18-14-6-2-4-12(10-14)5-3-9-16-15(17)11-13-7-8-13/h2,4,6,10,13H,3,5,7-9,11H2,1H3,(H,16,17). The molecule has 1 aromatic carbocycles. The zero-order chi connectivity index (χ0) is 12.8. The fourth-order valence-corrected chi connectivity index (χ4v) is 2.00. The molecule has 1 aliphatic rings. The Morgan fingerprint density at radius 3 is 3.00 bits per heavy atom. The van der Waals surface area contributed by atoms with Gasteiger partial charge in [0.2, 0.25) is 5.91 Å². The Hall–Kier alpha value is -1.51. The summed E-state index contributed by atoms with van der Waals surface area (Å²) in [6.07, 6.45) is 5.14. The van der Waals surface area contributed by atoms with Gasteiger partial charge in [-0.2, -0.15) is 0 Å². The van der Waals surface area contributed by atoms with E-state index < -0.39 is 0 Å². The van der Waals surface area contributed by atoms with Crippen LogP contribution in [-0.2, 0) is 11.2 Å². The minimum absolute atomic E-state index is 0.211. The number of aryl methyl sites for hydroxylation is 1. The zero-order valence-corrected chi connectivity index (χ0v) is 10.9. The lowest BCUT2D eigenvalue weighted by Crippen LogP contribution is -2.24. The maximum Gasteiger partial charge on any atom is 0.220 e. The Morgan fingerprint density at radius 2 is 2.28 bits per heavy atom. The van der Waals surface area contributed by atoms with E-state index in [9.17, 15) is 4.79 Å². The van der Waals surface area contributed by atoms with Gasteiger partial charge < -0.3 is 10.1 Å². The highest BCUT2D eigenvalue weighted by Crippen LogP contribution is 2.32. The van der Waals surface area contributed by atoms with Crippen molar-refractivity contribution < 1.29 is 9.53 Å². The van der Waals surface area contributed by atoms with Gasteiger partial charge in [-0.1, -0.05) is 12.1 Å². The van der Waals surface area contributed by atoms with Crippen LogP contribution in [0.25, 0.3) is 0 Å². The summed E-state index contributed by atoms with van der Waals surface area (Å²) in [7, 11) is 1.68. The van der Waals surface area contributed by atoms with Gasteiger partial charge in [0.05, 0.1) is 7.11 Å². The quantitative estimate of drug-likeness (QED) is 0.752.